The number of carbonyl (C=O) groups is 1. The number of hydrogen-bond acceptors (Lipinski definition) is 4. The number of hydrogen-bond donors (Lipinski definition) is 2. The van der Waals surface area contributed by atoms with E-state index in [1.54, 1.807) is 0 Å². The van der Waals surface area contributed by atoms with Gasteiger partial charge in [-0.15, -0.1) is 0 Å². The second kappa shape index (κ2) is 3.64. The van der Waals surface area contributed by atoms with E-state index in [2.05, 4.69) is 15.5 Å². The van der Waals surface area contributed by atoms with Crippen molar-refractivity contribution < 1.29 is 9.53 Å². The first-order valence-corrected chi connectivity index (χ1v) is 5.69. The van der Waals surface area contributed by atoms with Crippen LogP contribution in [0, 0.1) is 11.8 Å². The summed E-state index contributed by atoms with van der Waals surface area (Å²) in [4.78, 5) is 13.3. The van der Waals surface area contributed by atoms with Gasteiger partial charge in [-0.25, -0.2) is 4.79 Å². The summed E-state index contributed by atoms with van der Waals surface area (Å²) in [5, 5.41) is 6.11. The molecule has 84 valence electrons. The third-order valence-corrected chi connectivity index (χ3v) is 3.67. The van der Waals surface area contributed by atoms with Gasteiger partial charge in [0, 0.05) is 19.6 Å². The molecule has 5 nitrogen and oxygen atoms in total. The maximum absolute atomic E-state index is 10.9. The number of likely N-dealkylation sites (tertiary alicyclic amines) is 1. The summed E-state index contributed by atoms with van der Waals surface area (Å²) in [5.74, 6) is 1.63. The minimum Gasteiger partial charge on any atom is -0.443 e. The van der Waals surface area contributed by atoms with Crippen LogP contribution >= 0.6 is 0 Å². The van der Waals surface area contributed by atoms with Gasteiger partial charge >= 0.3 is 6.09 Å². The average Bonchev–Trinajstić information content (AvgIpc) is 2.81. The SMILES string of the molecule is O=C1NCC(CN2C[C@H]3CNC[C@H]3C2)O1. The van der Waals surface area contributed by atoms with Crippen molar-refractivity contribution >= 4 is 6.09 Å². The second-order valence-electron chi connectivity index (χ2n) is 4.81. The summed E-state index contributed by atoms with van der Waals surface area (Å²) in [7, 11) is 0. The van der Waals surface area contributed by atoms with Crippen molar-refractivity contribution in [1.29, 1.82) is 0 Å². The molecule has 0 aromatic rings. The first-order chi connectivity index (χ1) is 7.31. The van der Waals surface area contributed by atoms with Crippen LogP contribution in [0.5, 0.6) is 0 Å². The molecule has 15 heavy (non-hydrogen) atoms. The molecule has 0 aromatic carbocycles. The highest BCUT2D eigenvalue weighted by atomic mass is 16.6. The van der Waals surface area contributed by atoms with Gasteiger partial charge in [0.05, 0.1) is 6.54 Å². The minimum atomic E-state index is -0.263. The summed E-state index contributed by atoms with van der Waals surface area (Å²) < 4.78 is 5.14. The molecule has 3 rings (SSSR count). The first kappa shape index (κ1) is 9.42. The van der Waals surface area contributed by atoms with E-state index in [9.17, 15) is 4.79 Å². The molecule has 0 spiro atoms. The highest BCUT2D eigenvalue weighted by molar-refractivity contribution is 5.69. The number of carbonyl (C=O) groups excluding carboxylic acids is 1. The van der Waals surface area contributed by atoms with Crippen molar-refractivity contribution in [3.63, 3.8) is 0 Å². The van der Waals surface area contributed by atoms with E-state index in [1.165, 1.54) is 0 Å². The molecule has 0 aromatic heterocycles. The Hall–Kier alpha value is -0.810. The quantitative estimate of drug-likeness (QED) is 0.631. The highest BCUT2D eigenvalue weighted by Gasteiger charge is 2.37. The molecule has 3 atom stereocenters. The molecule has 3 heterocycles. The third kappa shape index (κ3) is 1.81. The normalized spacial score (nSPS) is 40.3. The molecular formula is C10H17N3O2. The van der Waals surface area contributed by atoms with Gasteiger partial charge in [-0.05, 0) is 24.9 Å². The summed E-state index contributed by atoms with van der Waals surface area (Å²) in [6.07, 6.45) is -0.203. The summed E-state index contributed by atoms with van der Waals surface area (Å²) in [5.41, 5.74) is 0. The van der Waals surface area contributed by atoms with Crippen LogP contribution in [0.15, 0.2) is 0 Å². The molecule has 1 amide bonds. The Morgan fingerprint density at radius 1 is 1.27 bits per heavy atom. The number of cyclic esters (lactones) is 1. The second-order valence-corrected chi connectivity index (χ2v) is 4.81. The number of fused-ring (bicyclic) bond motifs is 1. The van der Waals surface area contributed by atoms with Crippen LogP contribution in [0.3, 0.4) is 0 Å². The Balaban J connectivity index is 1.51. The zero-order valence-electron chi connectivity index (χ0n) is 8.74. The van der Waals surface area contributed by atoms with E-state index in [1.807, 2.05) is 0 Å². The van der Waals surface area contributed by atoms with E-state index in [0.717, 1.165) is 44.6 Å². The van der Waals surface area contributed by atoms with Gasteiger partial charge in [-0.3, -0.25) is 4.90 Å². The minimum absolute atomic E-state index is 0.0595. The zero-order chi connectivity index (χ0) is 10.3. The van der Waals surface area contributed by atoms with Crippen molar-refractivity contribution in [2.45, 2.75) is 6.10 Å². The van der Waals surface area contributed by atoms with E-state index in [0.29, 0.717) is 6.54 Å². The van der Waals surface area contributed by atoms with Crippen molar-refractivity contribution in [3.8, 4) is 0 Å². The Morgan fingerprint density at radius 3 is 2.60 bits per heavy atom. The van der Waals surface area contributed by atoms with E-state index in [4.69, 9.17) is 4.74 Å². The molecule has 3 aliphatic heterocycles. The van der Waals surface area contributed by atoms with Gasteiger partial charge < -0.3 is 15.4 Å². The van der Waals surface area contributed by atoms with Crippen molar-refractivity contribution in [3.05, 3.63) is 0 Å². The van der Waals surface area contributed by atoms with Crippen LogP contribution in [0.4, 0.5) is 4.79 Å². The molecule has 0 bridgehead atoms. The topological polar surface area (TPSA) is 53.6 Å². The van der Waals surface area contributed by atoms with Crippen LogP contribution < -0.4 is 10.6 Å². The number of rotatable bonds is 2. The fourth-order valence-electron chi connectivity index (χ4n) is 2.92. The van der Waals surface area contributed by atoms with E-state index >= 15 is 0 Å². The van der Waals surface area contributed by atoms with Crippen LogP contribution in [0.1, 0.15) is 0 Å². The van der Waals surface area contributed by atoms with E-state index < -0.39 is 0 Å². The maximum Gasteiger partial charge on any atom is 0.407 e. The molecule has 5 heteroatoms. The molecular weight excluding hydrogens is 194 g/mol. The van der Waals surface area contributed by atoms with Gasteiger partial charge in [0.1, 0.15) is 6.10 Å². The predicted molar refractivity (Wildman–Crippen MR) is 54.6 cm³/mol. The molecule has 0 aliphatic carbocycles. The molecule has 3 saturated heterocycles. The first-order valence-electron chi connectivity index (χ1n) is 5.69. The van der Waals surface area contributed by atoms with Gasteiger partial charge in [0.2, 0.25) is 0 Å². The monoisotopic (exact) mass is 211 g/mol. The fourth-order valence-corrected chi connectivity index (χ4v) is 2.92. The molecule has 3 aliphatic rings. The Bertz CT molecular complexity index is 259. The van der Waals surface area contributed by atoms with Crippen molar-refractivity contribution in [2.75, 3.05) is 39.3 Å². The smallest absolute Gasteiger partial charge is 0.407 e. The Labute approximate surface area is 89.1 Å². The van der Waals surface area contributed by atoms with Gasteiger partial charge in [0.15, 0.2) is 0 Å². The Kier molecular flexibility index (Phi) is 2.29. The lowest BCUT2D eigenvalue weighted by molar-refractivity contribution is 0.114. The van der Waals surface area contributed by atoms with Crippen LogP contribution in [-0.2, 0) is 4.74 Å². The number of amides is 1. The molecule has 2 N–H and O–H groups in total. The third-order valence-electron chi connectivity index (χ3n) is 3.67. The Morgan fingerprint density at radius 2 is 2.00 bits per heavy atom. The molecule has 0 saturated carbocycles. The molecule has 3 fully saturated rings. The van der Waals surface area contributed by atoms with Gasteiger partial charge in [-0.2, -0.15) is 0 Å². The van der Waals surface area contributed by atoms with Crippen molar-refractivity contribution in [1.82, 2.24) is 15.5 Å². The number of ether oxygens (including phenoxy) is 1. The number of nitrogens with one attached hydrogen (secondary N) is 2. The van der Waals surface area contributed by atoms with Crippen LogP contribution in [-0.4, -0.2) is 56.4 Å². The molecule has 1 unspecified atom stereocenters. The maximum atomic E-state index is 10.9. The summed E-state index contributed by atoms with van der Waals surface area (Å²) in [6, 6.07) is 0. The standard InChI is InChI=1S/C10H17N3O2/c14-10-12-3-9(15-10)6-13-4-7-1-11-2-8(7)5-13/h7-9,11H,1-6H2,(H,12,14)/t7-,8+,9?. The van der Waals surface area contributed by atoms with Crippen LogP contribution in [0.2, 0.25) is 0 Å². The number of nitrogens with zero attached hydrogens (tertiary/aromatic N) is 1. The number of alkyl carbamates (subject to hydrolysis) is 1. The van der Waals surface area contributed by atoms with Gasteiger partial charge in [0.25, 0.3) is 0 Å². The summed E-state index contributed by atoms with van der Waals surface area (Å²) >= 11 is 0. The largest absolute Gasteiger partial charge is 0.443 e. The zero-order valence-corrected chi connectivity index (χ0v) is 8.74. The van der Waals surface area contributed by atoms with Gasteiger partial charge in [-0.1, -0.05) is 0 Å². The lowest BCUT2D eigenvalue weighted by atomic mass is 10.0. The predicted octanol–water partition coefficient (Wildman–Crippen LogP) is -0.754. The van der Waals surface area contributed by atoms with Crippen molar-refractivity contribution in [2.24, 2.45) is 11.8 Å². The lowest BCUT2D eigenvalue weighted by Crippen LogP contribution is -2.34. The molecule has 0 radical (unpaired) electrons. The van der Waals surface area contributed by atoms with E-state index in [-0.39, 0.29) is 12.2 Å². The lowest BCUT2D eigenvalue weighted by Gasteiger charge is -2.19. The highest BCUT2D eigenvalue weighted by Crippen LogP contribution is 2.26. The van der Waals surface area contributed by atoms with Crippen LogP contribution in [0.25, 0.3) is 0 Å². The summed E-state index contributed by atoms with van der Waals surface area (Å²) in [6.45, 7) is 6.19. The fraction of sp³-hybridized carbons (Fsp3) is 0.900. The average molecular weight is 211 g/mol.